The number of nitrogens with zero attached hydrogens (tertiary/aromatic N) is 3. The maximum Gasteiger partial charge on any atom is 0.324 e. The van der Waals surface area contributed by atoms with Crippen molar-refractivity contribution in [3.63, 3.8) is 0 Å². The van der Waals surface area contributed by atoms with Crippen LogP contribution in [0.15, 0.2) is 65.4 Å². The SMILES string of the molecule is Cc1cc(NC(=O)Nc2ccc(-n3cnc4ccccc43)cc2)no1. The largest absolute Gasteiger partial charge is 0.360 e. The molecule has 0 radical (unpaired) electrons. The number of hydrogen-bond acceptors (Lipinski definition) is 4. The number of rotatable bonds is 3. The minimum absolute atomic E-state index is 0.372. The number of amides is 2. The van der Waals surface area contributed by atoms with Gasteiger partial charge in [-0.1, -0.05) is 17.3 Å². The van der Waals surface area contributed by atoms with E-state index in [0.717, 1.165) is 16.7 Å². The van der Waals surface area contributed by atoms with E-state index in [9.17, 15) is 4.79 Å². The molecule has 7 nitrogen and oxygen atoms in total. The Morgan fingerprint density at radius 1 is 1.08 bits per heavy atom. The number of nitrogens with one attached hydrogen (secondary N) is 2. The van der Waals surface area contributed by atoms with Crippen LogP contribution in [-0.4, -0.2) is 20.7 Å². The van der Waals surface area contributed by atoms with Crippen LogP contribution in [-0.2, 0) is 0 Å². The summed E-state index contributed by atoms with van der Waals surface area (Å²) in [5.74, 6) is 1.00. The van der Waals surface area contributed by atoms with Gasteiger partial charge in [-0.3, -0.25) is 9.88 Å². The van der Waals surface area contributed by atoms with Crippen molar-refractivity contribution in [2.75, 3.05) is 10.6 Å². The fraction of sp³-hybridized carbons (Fsp3) is 0.0556. The van der Waals surface area contributed by atoms with E-state index in [1.165, 1.54) is 0 Å². The molecule has 0 saturated carbocycles. The Morgan fingerprint density at radius 3 is 2.64 bits per heavy atom. The first-order chi connectivity index (χ1) is 12.2. The Bertz CT molecular complexity index is 1030. The summed E-state index contributed by atoms with van der Waals surface area (Å²) in [6, 6.07) is 16.7. The Labute approximate surface area is 143 Å². The fourth-order valence-corrected chi connectivity index (χ4v) is 2.57. The van der Waals surface area contributed by atoms with Crippen LogP contribution in [0.4, 0.5) is 16.3 Å². The van der Waals surface area contributed by atoms with Crippen molar-refractivity contribution in [2.45, 2.75) is 6.92 Å². The van der Waals surface area contributed by atoms with Crippen molar-refractivity contribution in [1.82, 2.24) is 14.7 Å². The number of carbonyl (C=O) groups excluding carboxylic acids is 1. The zero-order valence-electron chi connectivity index (χ0n) is 13.4. The van der Waals surface area contributed by atoms with Gasteiger partial charge in [0.25, 0.3) is 0 Å². The third-order valence-corrected chi connectivity index (χ3v) is 3.73. The molecule has 4 aromatic rings. The standard InChI is InChI=1S/C18H15N5O2/c1-12-10-17(22-25-12)21-18(24)20-13-6-8-14(9-7-13)23-11-19-15-4-2-3-5-16(15)23/h2-11H,1H3,(H2,20,21,22,24). The Hall–Kier alpha value is -3.61. The highest BCUT2D eigenvalue weighted by Gasteiger charge is 2.07. The highest BCUT2D eigenvalue weighted by molar-refractivity contribution is 5.99. The van der Waals surface area contributed by atoms with E-state index >= 15 is 0 Å². The molecule has 0 bridgehead atoms. The van der Waals surface area contributed by atoms with Crippen LogP contribution in [0.3, 0.4) is 0 Å². The van der Waals surface area contributed by atoms with Gasteiger partial charge in [0, 0.05) is 17.4 Å². The first-order valence-electron chi connectivity index (χ1n) is 7.73. The molecule has 0 fully saturated rings. The molecule has 4 rings (SSSR count). The topological polar surface area (TPSA) is 85.0 Å². The predicted octanol–water partition coefficient (Wildman–Crippen LogP) is 3.97. The average molecular weight is 333 g/mol. The summed E-state index contributed by atoms with van der Waals surface area (Å²) in [5.41, 5.74) is 3.60. The Morgan fingerprint density at radius 2 is 1.88 bits per heavy atom. The molecular weight excluding hydrogens is 318 g/mol. The summed E-state index contributed by atoms with van der Waals surface area (Å²) in [7, 11) is 0. The van der Waals surface area contributed by atoms with Gasteiger partial charge in [0.05, 0.1) is 11.0 Å². The number of anilines is 2. The van der Waals surface area contributed by atoms with Crippen molar-refractivity contribution >= 4 is 28.6 Å². The van der Waals surface area contributed by atoms with Crippen LogP contribution in [0.5, 0.6) is 0 Å². The molecule has 0 atom stereocenters. The third kappa shape index (κ3) is 3.07. The lowest BCUT2D eigenvalue weighted by Crippen LogP contribution is -2.19. The second-order valence-electron chi connectivity index (χ2n) is 5.55. The number of hydrogen-bond donors (Lipinski definition) is 2. The molecule has 0 aliphatic carbocycles. The maximum atomic E-state index is 12.0. The summed E-state index contributed by atoms with van der Waals surface area (Å²) >= 11 is 0. The first kappa shape index (κ1) is 14.9. The zero-order valence-corrected chi connectivity index (χ0v) is 13.4. The van der Waals surface area contributed by atoms with Crippen molar-refractivity contribution in [3.05, 3.63) is 66.7 Å². The summed E-state index contributed by atoms with van der Waals surface area (Å²) < 4.78 is 6.90. The van der Waals surface area contributed by atoms with Gasteiger partial charge < -0.3 is 9.84 Å². The van der Waals surface area contributed by atoms with Crippen molar-refractivity contribution in [2.24, 2.45) is 0 Å². The first-order valence-corrected chi connectivity index (χ1v) is 7.73. The van der Waals surface area contributed by atoms with Gasteiger partial charge in [0.15, 0.2) is 5.82 Å². The van der Waals surface area contributed by atoms with Crippen LogP contribution in [0, 0.1) is 6.92 Å². The summed E-state index contributed by atoms with van der Waals surface area (Å²) in [6.07, 6.45) is 1.78. The lowest BCUT2D eigenvalue weighted by molar-refractivity contribution is 0.262. The van der Waals surface area contributed by atoms with Crippen molar-refractivity contribution < 1.29 is 9.32 Å². The van der Waals surface area contributed by atoms with Gasteiger partial charge in [-0.2, -0.15) is 0 Å². The van der Waals surface area contributed by atoms with Gasteiger partial charge in [0.1, 0.15) is 12.1 Å². The minimum atomic E-state index is -0.380. The van der Waals surface area contributed by atoms with E-state index in [-0.39, 0.29) is 6.03 Å². The molecule has 2 aromatic heterocycles. The molecule has 124 valence electrons. The molecule has 2 amide bonds. The van der Waals surface area contributed by atoms with Crippen LogP contribution in [0.25, 0.3) is 16.7 Å². The molecule has 0 spiro atoms. The van der Waals surface area contributed by atoms with Crippen molar-refractivity contribution in [3.8, 4) is 5.69 Å². The van der Waals surface area contributed by atoms with E-state index in [2.05, 4.69) is 20.8 Å². The van der Waals surface area contributed by atoms with Gasteiger partial charge >= 0.3 is 6.03 Å². The van der Waals surface area contributed by atoms with E-state index in [4.69, 9.17) is 4.52 Å². The molecule has 0 aliphatic heterocycles. The number of para-hydroxylation sites is 2. The number of urea groups is 1. The van der Waals surface area contributed by atoms with Gasteiger partial charge in [-0.25, -0.2) is 9.78 Å². The number of imidazole rings is 1. The zero-order chi connectivity index (χ0) is 17.2. The normalized spacial score (nSPS) is 10.8. The monoisotopic (exact) mass is 333 g/mol. The molecule has 2 heterocycles. The molecule has 0 aliphatic rings. The molecule has 7 heteroatoms. The fourth-order valence-electron chi connectivity index (χ4n) is 2.57. The Balaban J connectivity index is 1.49. The molecular formula is C18H15N5O2. The van der Waals surface area contributed by atoms with E-state index in [1.807, 2.05) is 53.1 Å². The van der Waals surface area contributed by atoms with Gasteiger partial charge in [-0.05, 0) is 43.3 Å². The summed E-state index contributed by atoms with van der Waals surface area (Å²) in [6.45, 7) is 1.76. The molecule has 0 unspecified atom stereocenters. The minimum Gasteiger partial charge on any atom is -0.360 e. The lowest BCUT2D eigenvalue weighted by atomic mass is 10.2. The van der Waals surface area contributed by atoms with Crippen LogP contribution in [0.1, 0.15) is 5.76 Å². The number of aromatic nitrogens is 3. The predicted molar refractivity (Wildman–Crippen MR) is 95.0 cm³/mol. The summed E-state index contributed by atoms with van der Waals surface area (Å²) in [5, 5.41) is 9.08. The smallest absolute Gasteiger partial charge is 0.324 e. The average Bonchev–Trinajstić information content (AvgIpc) is 3.22. The van der Waals surface area contributed by atoms with Gasteiger partial charge in [-0.15, -0.1) is 0 Å². The number of aryl methyl sites for hydroxylation is 1. The third-order valence-electron chi connectivity index (χ3n) is 3.73. The molecule has 25 heavy (non-hydrogen) atoms. The van der Waals surface area contributed by atoms with Crippen LogP contribution < -0.4 is 10.6 Å². The van der Waals surface area contributed by atoms with E-state index in [1.54, 1.807) is 19.3 Å². The Kier molecular flexibility index (Phi) is 3.66. The molecule has 0 saturated heterocycles. The second-order valence-corrected chi connectivity index (χ2v) is 5.55. The second kappa shape index (κ2) is 6.12. The van der Waals surface area contributed by atoms with Crippen LogP contribution in [0.2, 0.25) is 0 Å². The van der Waals surface area contributed by atoms with E-state index in [0.29, 0.717) is 17.3 Å². The summed E-state index contributed by atoms with van der Waals surface area (Å²) in [4.78, 5) is 16.3. The van der Waals surface area contributed by atoms with Crippen LogP contribution >= 0.6 is 0 Å². The molecule has 2 aromatic carbocycles. The number of carbonyl (C=O) groups is 1. The maximum absolute atomic E-state index is 12.0. The lowest BCUT2D eigenvalue weighted by Gasteiger charge is -2.08. The van der Waals surface area contributed by atoms with Gasteiger partial charge in [0.2, 0.25) is 0 Å². The van der Waals surface area contributed by atoms with Crippen molar-refractivity contribution in [1.29, 1.82) is 0 Å². The van der Waals surface area contributed by atoms with E-state index < -0.39 is 0 Å². The number of benzene rings is 2. The quantitative estimate of drug-likeness (QED) is 0.594. The number of fused-ring (bicyclic) bond motifs is 1. The highest BCUT2D eigenvalue weighted by atomic mass is 16.5. The highest BCUT2D eigenvalue weighted by Crippen LogP contribution is 2.19. The molecule has 2 N–H and O–H groups in total.